The van der Waals surface area contributed by atoms with Crippen LogP contribution < -0.4 is 15.1 Å². The van der Waals surface area contributed by atoms with Crippen LogP contribution >= 0.6 is 47.0 Å². The first-order valence-electron chi connectivity index (χ1n) is 14.3. The summed E-state index contributed by atoms with van der Waals surface area (Å²) >= 11 is 26.0. The number of nitrogens with zero attached hydrogens (tertiary/aromatic N) is 4. The van der Waals surface area contributed by atoms with E-state index in [-0.39, 0.29) is 12.1 Å². The lowest BCUT2D eigenvalue weighted by atomic mass is 9.91. The summed E-state index contributed by atoms with van der Waals surface area (Å²) in [6.45, 7) is 10.9. The Bertz CT molecular complexity index is 1630. The average molecular weight is 639 g/mol. The number of anilines is 2. The minimum Gasteiger partial charge on any atom is -0.370 e. The molecule has 1 N–H and O–H groups in total. The van der Waals surface area contributed by atoms with Crippen molar-refractivity contribution in [3.05, 3.63) is 105 Å². The number of aryl methyl sites for hydroxylation is 1. The topological polar surface area (TPSA) is 36.3 Å². The van der Waals surface area contributed by atoms with Gasteiger partial charge in [-0.3, -0.25) is 4.98 Å². The van der Waals surface area contributed by atoms with Crippen molar-refractivity contribution in [2.75, 3.05) is 22.9 Å². The van der Waals surface area contributed by atoms with E-state index >= 15 is 0 Å². The Labute approximate surface area is 268 Å². The van der Waals surface area contributed by atoms with Gasteiger partial charge >= 0.3 is 0 Å². The fourth-order valence-corrected chi connectivity index (χ4v) is 7.96. The normalized spacial score (nSPS) is 22.5. The van der Waals surface area contributed by atoms with Crippen LogP contribution in [-0.4, -0.2) is 27.8 Å². The number of benzene rings is 2. The minimum absolute atomic E-state index is 0.171. The molecule has 0 amide bonds. The van der Waals surface area contributed by atoms with Gasteiger partial charge in [0.2, 0.25) is 0 Å². The summed E-state index contributed by atoms with van der Waals surface area (Å²) in [4.78, 5) is 9.32. The molecule has 4 aromatic rings. The molecule has 2 aliphatic heterocycles. The van der Waals surface area contributed by atoms with Crippen molar-refractivity contribution in [1.29, 1.82) is 0 Å². The van der Waals surface area contributed by atoms with E-state index in [1.807, 2.05) is 36.5 Å². The van der Waals surface area contributed by atoms with Gasteiger partial charge in [-0.15, -0.1) is 0 Å². The second kappa shape index (κ2) is 11.7. The number of piperidine rings is 1. The summed E-state index contributed by atoms with van der Waals surface area (Å²) in [5.41, 5.74) is 7.07. The number of rotatable bonds is 5. The Morgan fingerprint density at radius 3 is 2.26 bits per heavy atom. The maximum absolute atomic E-state index is 7.03. The summed E-state index contributed by atoms with van der Waals surface area (Å²) in [6, 6.07) is 19.8. The van der Waals surface area contributed by atoms with Crippen LogP contribution in [-0.2, 0) is 0 Å². The quantitative estimate of drug-likeness (QED) is 0.221. The number of nitrogens with one attached hydrogen (secondary N) is 1. The molecule has 6 rings (SSSR count). The van der Waals surface area contributed by atoms with Gasteiger partial charge < -0.3 is 19.7 Å². The molecule has 4 atom stereocenters. The van der Waals surface area contributed by atoms with E-state index in [0.29, 0.717) is 27.0 Å². The van der Waals surface area contributed by atoms with Crippen LogP contribution in [0.25, 0.3) is 5.69 Å². The van der Waals surface area contributed by atoms with E-state index in [0.717, 1.165) is 57.8 Å². The number of thiocarbonyl (C=S) groups is 1. The van der Waals surface area contributed by atoms with Crippen molar-refractivity contribution in [3.8, 4) is 5.69 Å². The van der Waals surface area contributed by atoms with Gasteiger partial charge in [0.25, 0.3) is 0 Å². The first-order valence-corrected chi connectivity index (χ1v) is 15.9. The van der Waals surface area contributed by atoms with Crippen LogP contribution in [0.15, 0.2) is 66.9 Å². The smallest absolute Gasteiger partial charge is 0.174 e. The molecule has 4 unspecified atom stereocenters. The van der Waals surface area contributed by atoms with Crippen LogP contribution in [0.1, 0.15) is 55.0 Å². The van der Waals surface area contributed by atoms with E-state index in [9.17, 15) is 0 Å². The van der Waals surface area contributed by atoms with Crippen molar-refractivity contribution in [3.63, 3.8) is 0 Å². The van der Waals surface area contributed by atoms with E-state index in [2.05, 4.69) is 71.6 Å². The second-order valence-electron chi connectivity index (χ2n) is 11.7. The van der Waals surface area contributed by atoms with Gasteiger partial charge in [-0.25, -0.2) is 0 Å². The van der Waals surface area contributed by atoms with E-state index < -0.39 is 0 Å². The van der Waals surface area contributed by atoms with Crippen LogP contribution in [0.3, 0.4) is 0 Å². The molecular formula is C33H34Cl3N5S. The molecule has 9 heteroatoms. The van der Waals surface area contributed by atoms with E-state index in [1.165, 1.54) is 6.42 Å². The third-order valence-corrected chi connectivity index (χ3v) is 9.61. The number of hydrogen-bond donors (Lipinski definition) is 1. The highest BCUT2D eigenvalue weighted by Gasteiger charge is 2.42. The zero-order valence-corrected chi connectivity index (χ0v) is 27.2. The van der Waals surface area contributed by atoms with E-state index in [4.69, 9.17) is 52.0 Å². The van der Waals surface area contributed by atoms with Gasteiger partial charge in [-0.05, 0) is 104 Å². The molecule has 0 aliphatic carbocycles. The van der Waals surface area contributed by atoms with Gasteiger partial charge in [0.05, 0.1) is 39.2 Å². The van der Waals surface area contributed by atoms with Crippen molar-refractivity contribution in [2.24, 2.45) is 11.8 Å². The molecule has 2 aromatic heterocycles. The van der Waals surface area contributed by atoms with Gasteiger partial charge in [0.1, 0.15) is 0 Å². The Kier molecular flexibility index (Phi) is 8.18. The highest BCUT2D eigenvalue weighted by Crippen LogP contribution is 2.45. The van der Waals surface area contributed by atoms with E-state index in [1.54, 1.807) is 6.07 Å². The summed E-state index contributed by atoms with van der Waals surface area (Å²) in [6.07, 6.45) is 3.07. The molecule has 0 radical (unpaired) electrons. The number of hydrogen-bond acceptors (Lipinski definition) is 3. The highest BCUT2D eigenvalue weighted by atomic mass is 35.5. The monoisotopic (exact) mass is 637 g/mol. The predicted molar refractivity (Wildman–Crippen MR) is 180 cm³/mol. The second-order valence-corrected chi connectivity index (χ2v) is 13.4. The molecule has 42 heavy (non-hydrogen) atoms. The van der Waals surface area contributed by atoms with Crippen molar-refractivity contribution < 1.29 is 0 Å². The molecule has 2 aliphatic rings. The average Bonchev–Trinajstić information content (AvgIpc) is 3.43. The SMILES string of the molecule is Cc1cc(C2C(c3ccccn3)NC(=S)N2c2ccc(N3CC(C)CC(C)C3)c(Cl)c2)c(C)n1-c1ccc(Cl)cc1Cl. The molecule has 2 aromatic carbocycles. The van der Waals surface area contributed by atoms with Crippen LogP contribution in [0.5, 0.6) is 0 Å². The fraction of sp³-hybridized carbons (Fsp3) is 0.333. The molecular weight excluding hydrogens is 605 g/mol. The summed E-state index contributed by atoms with van der Waals surface area (Å²) in [5.74, 6) is 1.26. The van der Waals surface area contributed by atoms with Gasteiger partial charge in [0.15, 0.2) is 5.11 Å². The van der Waals surface area contributed by atoms with Crippen LogP contribution in [0, 0.1) is 25.7 Å². The number of pyridine rings is 1. The van der Waals surface area contributed by atoms with Crippen molar-refractivity contribution >= 4 is 63.5 Å². The summed E-state index contributed by atoms with van der Waals surface area (Å²) in [5, 5.41) is 6.14. The lowest BCUT2D eigenvalue weighted by Gasteiger charge is -2.37. The van der Waals surface area contributed by atoms with Gasteiger partial charge in [-0.2, -0.15) is 0 Å². The minimum atomic E-state index is -0.171. The summed E-state index contributed by atoms with van der Waals surface area (Å²) in [7, 11) is 0. The number of halogens is 3. The molecule has 2 fully saturated rings. The molecule has 2 saturated heterocycles. The predicted octanol–water partition coefficient (Wildman–Crippen LogP) is 9.11. The Hall–Kier alpha value is -2.77. The molecule has 4 heterocycles. The molecule has 0 spiro atoms. The lowest BCUT2D eigenvalue weighted by Crippen LogP contribution is -2.38. The zero-order valence-electron chi connectivity index (χ0n) is 24.1. The first kappa shape index (κ1) is 29.3. The van der Waals surface area contributed by atoms with Crippen LogP contribution in [0.2, 0.25) is 15.1 Å². The fourth-order valence-electron chi connectivity index (χ4n) is 6.83. The Morgan fingerprint density at radius 1 is 0.881 bits per heavy atom. The summed E-state index contributed by atoms with van der Waals surface area (Å²) < 4.78 is 2.18. The molecule has 5 nitrogen and oxygen atoms in total. The maximum atomic E-state index is 7.03. The zero-order chi connectivity index (χ0) is 29.7. The highest BCUT2D eigenvalue weighted by molar-refractivity contribution is 7.80. The van der Waals surface area contributed by atoms with Crippen molar-refractivity contribution in [1.82, 2.24) is 14.9 Å². The largest absolute Gasteiger partial charge is 0.370 e. The third-order valence-electron chi connectivity index (χ3n) is 8.46. The van der Waals surface area contributed by atoms with Crippen LogP contribution in [0.4, 0.5) is 11.4 Å². The Morgan fingerprint density at radius 2 is 1.60 bits per heavy atom. The van der Waals surface area contributed by atoms with Gasteiger partial charge in [-0.1, -0.05) is 54.7 Å². The lowest BCUT2D eigenvalue weighted by molar-refractivity contribution is 0.357. The Balaban J connectivity index is 1.45. The molecule has 0 saturated carbocycles. The van der Waals surface area contributed by atoms with Crippen molar-refractivity contribution in [2.45, 2.75) is 46.2 Å². The van der Waals surface area contributed by atoms with Gasteiger partial charge in [0, 0.05) is 41.4 Å². The standard InChI is InChI=1S/C33H34Cl3N5S/c1-19-13-20(2)18-39(17-19)29-11-9-24(16-27(29)36)41-32(31(38-33(41)42)28-7-5-6-12-37-28)25-14-21(3)40(22(25)4)30-10-8-23(34)15-26(30)35/h5-12,14-16,19-20,31-32H,13,17-18H2,1-4H3,(H,38,42). The molecule has 0 bridgehead atoms. The molecule has 218 valence electrons. The number of aromatic nitrogens is 2. The first-order chi connectivity index (χ1) is 20.1. The third kappa shape index (κ3) is 5.39. The maximum Gasteiger partial charge on any atom is 0.174 e.